The van der Waals surface area contributed by atoms with Gasteiger partial charge >= 0.3 is 0 Å². The molecule has 1 aromatic rings. The molecule has 2 unspecified atom stereocenters. The van der Waals surface area contributed by atoms with Gasteiger partial charge in [0.15, 0.2) is 0 Å². The minimum atomic E-state index is -1.04. The van der Waals surface area contributed by atoms with Crippen molar-refractivity contribution in [2.75, 3.05) is 19.6 Å². The van der Waals surface area contributed by atoms with E-state index in [1.54, 1.807) is 7.11 Å². The van der Waals surface area contributed by atoms with Crippen LogP contribution in [0, 0.1) is 28.6 Å². The Bertz CT molecular complexity index is 909. The number of allylic oxidation sites excluding steroid dienone is 5. The summed E-state index contributed by atoms with van der Waals surface area (Å²) in [4.78, 5) is 1.45. The molecule has 1 fully saturated rings. The molecule has 162 valence electrons. The molecule has 30 heavy (non-hydrogen) atoms. The second-order valence-corrected chi connectivity index (χ2v) is 12.9. The van der Waals surface area contributed by atoms with Crippen molar-refractivity contribution in [1.29, 1.82) is 5.26 Å². The molecule has 0 spiro atoms. The third-order valence-corrected chi connectivity index (χ3v) is 10.8. The van der Waals surface area contributed by atoms with Gasteiger partial charge in [0.25, 0.3) is 0 Å². The van der Waals surface area contributed by atoms with E-state index in [9.17, 15) is 5.26 Å². The highest BCUT2D eigenvalue weighted by Crippen LogP contribution is 2.65. The van der Waals surface area contributed by atoms with Crippen LogP contribution in [0.25, 0.3) is 0 Å². The first-order valence-electron chi connectivity index (χ1n) is 10.8. The standard InChI is InChI=1S/C26H36N2OS/c1-8-22-19(3)25(30(6,7)21-12-10-9-11-13-21)18(2)16-26(22,17-27)23-14-15-24(29-5)28-20(23)4/h8-15,18-19,24-25,28H,16H2,1-7H3/b22-8+/t18?,19-,24?,25+,26+/m1/s1. The fraction of sp³-hybridized carbons (Fsp3) is 0.500. The molecule has 1 N–H and O–H groups in total. The number of hydrogen-bond acceptors (Lipinski definition) is 3. The van der Waals surface area contributed by atoms with Crippen LogP contribution in [0.2, 0.25) is 0 Å². The van der Waals surface area contributed by atoms with Crippen LogP contribution in [0.1, 0.15) is 34.1 Å². The summed E-state index contributed by atoms with van der Waals surface area (Å²) < 4.78 is 5.44. The van der Waals surface area contributed by atoms with Crippen LogP contribution in [0.5, 0.6) is 0 Å². The van der Waals surface area contributed by atoms with Crippen molar-refractivity contribution in [3.05, 3.63) is 65.4 Å². The predicted octanol–water partition coefficient (Wildman–Crippen LogP) is 6.02. The Morgan fingerprint density at radius 2 is 1.90 bits per heavy atom. The first-order valence-corrected chi connectivity index (χ1v) is 13.3. The summed E-state index contributed by atoms with van der Waals surface area (Å²) in [6.07, 6.45) is 12.0. The van der Waals surface area contributed by atoms with Gasteiger partial charge in [-0.05, 0) is 66.7 Å². The molecule has 5 atom stereocenters. The van der Waals surface area contributed by atoms with Crippen molar-refractivity contribution in [1.82, 2.24) is 5.32 Å². The molecule has 3 rings (SSSR count). The maximum absolute atomic E-state index is 10.6. The smallest absolute Gasteiger partial charge is 0.146 e. The van der Waals surface area contributed by atoms with Gasteiger partial charge in [0.2, 0.25) is 0 Å². The molecule has 1 aromatic carbocycles. The van der Waals surface area contributed by atoms with Crippen LogP contribution in [0.3, 0.4) is 0 Å². The molecule has 0 aromatic heterocycles. The number of dihydropyridines is 1. The first kappa shape index (κ1) is 22.7. The zero-order valence-corrected chi connectivity index (χ0v) is 20.2. The maximum Gasteiger partial charge on any atom is 0.146 e. The van der Waals surface area contributed by atoms with E-state index >= 15 is 0 Å². The molecule has 1 aliphatic carbocycles. The van der Waals surface area contributed by atoms with Gasteiger partial charge in [-0.3, -0.25) is 0 Å². The number of nitrogens with one attached hydrogen (secondary N) is 1. The highest BCUT2D eigenvalue weighted by molar-refractivity contribution is 8.33. The molecule has 0 bridgehead atoms. The third kappa shape index (κ3) is 3.63. The molecule has 3 nitrogen and oxygen atoms in total. The number of nitriles is 1. The third-order valence-electron chi connectivity index (χ3n) is 7.11. The lowest BCUT2D eigenvalue weighted by molar-refractivity contribution is 0.118. The molecule has 1 aliphatic heterocycles. The Labute approximate surface area is 184 Å². The predicted molar refractivity (Wildman–Crippen MR) is 128 cm³/mol. The number of hydrogen-bond donors (Lipinski definition) is 1. The number of nitrogens with zero attached hydrogens (tertiary/aromatic N) is 1. The minimum Gasteiger partial charge on any atom is -0.360 e. The van der Waals surface area contributed by atoms with Crippen LogP contribution >= 0.6 is 10.0 Å². The summed E-state index contributed by atoms with van der Waals surface area (Å²) in [6, 6.07) is 13.7. The Morgan fingerprint density at radius 3 is 2.43 bits per heavy atom. The normalized spacial score (nSPS) is 33.9. The van der Waals surface area contributed by atoms with E-state index in [-0.39, 0.29) is 6.23 Å². The van der Waals surface area contributed by atoms with Crippen LogP contribution in [0.15, 0.2) is 70.3 Å². The van der Waals surface area contributed by atoms with E-state index in [0.29, 0.717) is 17.1 Å². The topological polar surface area (TPSA) is 45.0 Å². The number of ether oxygens (including phenoxy) is 1. The van der Waals surface area contributed by atoms with Gasteiger partial charge in [-0.2, -0.15) is 5.26 Å². The average molecular weight is 425 g/mol. The second-order valence-electron chi connectivity index (χ2n) is 9.11. The highest BCUT2D eigenvalue weighted by Gasteiger charge is 2.52. The van der Waals surface area contributed by atoms with Crippen molar-refractivity contribution in [2.24, 2.45) is 17.3 Å². The zero-order chi connectivity index (χ0) is 22.1. The van der Waals surface area contributed by atoms with Crippen LogP contribution in [-0.4, -0.2) is 31.1 Å². The van der Waals surface area contributed by atoms with Gasteiger partial charge in [-0.25, -0.2) is 10.0 Å². The summed E-state index contributed by atoms with van der Waals surface area (Å²) in [7, 11) is 0.657. The van der Waals surface area contributed by atoms with Crippen LogP contribution < -0.4 is 5.32 Å². The van der Waals surface area contributed by atoms with Gasteiger partial charge in [-0.1, -0.05) is 56.3 Å². The van der Waals surface area contributed by atoms with E-state index in [0.717, 1.165) is 17.7 Å². The summed E-state index contributed by atoms with van der Waals surface area (Å²) in [5, 5.41) is 14.5. The maximum atomic E-state index is 10.6. The van der Waals surface area contributed by atoms with Gasteiger partial charge in [0.05, 0.1) is 6.07 Å². The fourth-order valence-electron chi connectivity index (χ4n) is 5.99. The van der Waals surface area contributed by atoms with E-state index in [1.807, 2.05) is 6.08 Å². The molecule has 0 saturated heterocycles. The van der Waals surface area contributed by atoms with Crippen molar-refractivity contribution in [3.8, 4) is 6.07 Å². The molecule has 1 saturated carbocycles. The Balaban J connectivity index is 2.07. The summed E-state index contributed by atoms with van der Waals surface area (Å²) in [5.41, 5.74) is 2.80. The van der Waals surface area contributed by atoms with Gasteiger partial charge < -0.3 is 10.1 Å². The molecule has 0 radical (unpaired) electrons. The molecule has 2 aliphatic rings. The SMILES string of the molecule is C/C=C1\[C@@H](C)[C@@H](S(C)(C)c2ccccc2)C(C)C[C@@]1(C#N)C1=C(C)NC(OC)C=C1. The summed E-state index contributed by atoms with van der Waals surface area (Å²) >= 11 is 0. The average Bonchev–Trinajstić information content (AvgIpc) is 2.73. The number of rotatable bonds is 4. The number of methoxy groups -OCH3 is 1. The Morgan fingerprint density at radius 1 is 1.23 bits per heavy atom. The lowest BCUT2D eigenvalue weighted by atomic mass is 9.59. The molecule has 4 heteroatoms. The fourth-order valence-corrected chi connectivity index (χ4v) is 9.59. The lowest BCUT2D eigenvalue weighted by Crippen LogP contribution is -2.46. The quantitative estimate of drug-likeness (QED) is 0.601. The second kappa shape index (κ2) is 8.65. The van der Waals surface area contributed by atoms with Crippen molar-refractivity contribution >= 4 is 10.0 Å². The van der Waals surface area contributed by atoms with Gasteiger partial charge in [0, 0.05) is 18.1 Å². The largest absolute Gasteiger partial charge is 0.360 e. The Hall–Kier alpha value is -1.96. The molecule has 0 amide bonds. The summed E-state index contributed by atoms with van der Waals surface area (Å²) in [6.45, 7) is 8.86. The lowest BCUT2D eigenvalue weighted by Gasteiger charge is -2.55. The van der Waals surface area contributed by atoms with E-state index < -0.39 is 15.4 Å². The van der Waals surface area contributed by atoms with Gasteiger partial charge in [-0.15, -0.1) is 0 Å². The molecular weight excluding hydrogens is 388 g/mol. The molecular formula is C26H36N2OS. The highest BCUT2D eigenvalue weighted by atomic mass is 32.3. The number of benzene rings is 1. The van der Waals surface area contributed by atoms with E-state index in [1.165, 1.54) is 10.5 Å². The van der Waals surface area contributed by atoms with Crippen LogP contribution in [-0.2, 0) is 4.74 Å². The van der Waals surface area contributed by atoms with Crippen molar-refractivity contribution in [2.45, 2.75) is 50.5 Å². The van der Waals surface area contributed by atoms with E-state index in [2.05, 4.69) is 94.1 Å². The monoisotopic (exact) mass is 424 g/mol. The van der Waals surface area contributed by atoms with Gasteiger partial charge in [0.1, 0.15) is 11.6 Å². The van der Waals surface area contributed by atoms with E-state index in [4.69, 9.17) is 4.74 Å². The zero-order valence-electron chi connectivity index (χ0n) is 19.4. The molecule has 1 heterocycles. The summed E-state index contributed by atoms with van der Waals surface area (Å²) in [5.74, 6) is 0.764. The Kier molecular flexibility index (Phi) is 6.55. The first-order chi connectivity index (χ1) is 14.2. The van der Waals surface area contributed by atoms with Crippen LogP contribution in [0.4, 0.5) is 0 Å². The van der Waals surface area contributed by atoms with Crippen molar-refractivity contribution < 1.29 is 4.74 Å². The minimum absolute atomic E-state index is 0.133. The van der Waals surface area contributed by atoms with Crippen molar-refractivity contribution in [3.63, 3.8) is 0 Å².